The number of benzene rings is 1. The van der Waals surface area contributed by atoms with Crippen LogP contribution >= 0.6 is 0 Å². The Hall–Kier alpha value is -0.960. The minimum absolute atomic E-state index is 0.0278. The molecule has 0 amide bonds. The Morgan fingerprint density at radius 3 is 2.17 bits per heavy atom. The third kappa shape index (κ3) is 1.61. The van der Waals surface area contributed by atoms with Crippen molar-refractivity contribution in [1.29, 1.82) is 0 Å². The molecule has 0 unspecified atom stereocenters. The van der Waals surface area contributed by atoms with Crippen molar-refractivity contribution >= 4 is 0 Å². The minimum atomic E-state index is -2.93. The second-order valence-electron chi connectivity index (χ2n) is 2.78. The molecule has 1 rings (SSSR count). The Balaban J connectivity index is 2.98. The molecule has 66 valence electrons. The van der Waals surface area contributed by atoms with E-state index in [9.17, 15) is 8.78 Å². The smallest absolute Gasteiger partial charge is 0.287 e. The molecule has 0 aliphatic heterocycles. The lowest BCUT2D eigenvalue weighted by Gasteiger charge is -2.20. The van der Waals surface area contributed by atoms with Gasteiger partial charge in [-0.1, -0.05) is 30.3 Å². The summed E-state index contributed by atoms with van der Waals surface area (Å²) in [5.74, 6) is -2.93. The van der Waals surface area contributed by atoms with Crippen molar-refractivity contribution in [2.75, 3.05) is 0 Å². The zero-order chi connectivity index (χ0) is 9.19. The van der Waals surface area contributed by atoms with Crippen LogP contribution in [-0.2, 0) is 5.92 Å². The zero-order valence-corrected chi connectivity index (χ0v) is 6.80. The average Bonchev–Trinajstić information content (AvgIpc) is 2.06. The van der Waals surface area contributed by atoms with E-state index in [4.69, 9.17) is 5.73 Å². The van der Waals surface area contributed by atoms with Gasteiger partial charge < -0.3 is 5.73 Å². The lowest BCUT2D eigenvalue weighted by Crippen LogP contribution is -2.35. The van der Waals surface area contributed by atoms with Gasteiger partial charge in [-0.2, -0.15) is 8.78 Å². The van der Waals surface area contributed by atoms with Gasteiger partial charge >= 0.3 is 0 Å². The van der Waals surface area contributed by atoms with Gasteiger partial charge in [-0.25, -0.2) is 0 Å². The molecule has 1 atom stereocenters. The molecule has 1 aromatic carbocycles. The van der Waals surface area contributed by atoms with Crippen LogP contribution in [0.3, 0.4) is 0 Å². The van der Waals surface area contributed by atoms with Gasteiger partial charge in [-0.3, -0.25) is 0 Å². The molecule has 1 aromatic rings. The monoisotopic (exact) mass is 171 g/mol. The van der Waals surface area contributed by atoms with Crippen LogP contribution in [0.5, 0.6) is 0 Å². The third-order valence-corrected chi connectivity index (χ3v) is 1.73. The second kappa shape index (κ2) is 3.19. The van der Waals surface area contributed by atoms with Gasteiger partial charge in [0.05, 0.1) is 6.04 Å². The Labute approximate surface area is 70.2 Å². The maximum atomic E-state index is 13.2. The van der Waals surface area contributed by atoms with Gasteiger partial charge in [-0.15, -0.1) is 0 Å². The van der Waals surface area contributed by atoms with Crippen molar-refractivity contribution in [1.82, 2.24) is 0 Å². The minimum Gasteiger partial charge on any atom is -0.323 e. The molecule has 0 saturated heterocycles. The first-order chi connectivity index (χ1) is 5.55. The number of nitrogens with two attached hydrogens (primary N) is 1. The highest BCUT2D eigenvalue weighted by molar-refractivity contribution is 5.21. The Bertz CT molecular complexity index is 244. The molecule has 0 fully saturated rings. The molecule has 12 heavy (non-hydrogen) atoms. The molecule has 0 saturated carbocycles. The summed E-state index contributed by atoms with van der Waals surface area (Å²) in [7, 11) is 0. The van der Waals surface area contributed by atoms with Crippen molar-refractivity contribution in [3.63, 3.8) is 0 Å². The van der Waals surface area contributed by atoms with Gasteiger partial charge in [0.2, 0.25) is 0 Å². The van der Waals surface area contributed by atoms with E-state index < -0.39 is 12.0 Å². The fourth-order valence-electron chi connectivity index (χ4n) is 0.923. The number of alkyl halides is 2. The first kappa shape index (κ1) is 9.13. The number of hydrogen-bond acceptors (Lipinski definition) is 1. The second-order valence-corrected chi connectivity index (χ2v) is 2.78. The Morgan fingerprint density at radius 2 is 1.75 bits per heavy atom. The van der Waals surface area contributed by atoms with E-state index in [2.05, 4.69) is 0 Å². The van der Waals surface area contributed by atoms with E-state index in [1.165, 1.54) is 19.1 Å². The van der Waals surface area contributed by atoms with Gasteiger partial charge in [0.15, 0.2) is 0 Å². The van der Waals surface area contributed by atoms with Gasteiger partial charge in [0, 0.05) is 5.56 Å². The van der Waals surface area contributed by atoms with Crippen molar-refractivity contribution < 1.29 is 8.78 Å². The molecule has 1 nitrogen and oxygen atoms in total. The standard InChI is InChI=1S/C9H11F2N/c1-7(12)9(10,11)8-5-3-2-4-6-8/h2-7H,12H2,1H3/t7-/m0/s1. The van der Waals surface area contributed by atoms with Crippen LogP contribution in [0.2, 0.25) is 0 Å². The summed E-state index contributed by atoms with van der Waals surface area (Å²) in [5, 5.41) is 0. The van der Waals surface area contributed by atoms with Crippen LogP contribution < -0.4 is 5.73 Å². The summed E-state index contributed by atoms with van der Waals surface area (Å²) in [6.07, 6.45) is 0. The summed E-state index contributed by atoms with van der Waals surface area (Å²) in [6, 6.07) is 6.45. The maximum Gasteiger partial charge on any atom is 0.287 e. The fraction of sp³-hybridized carbons (Fsp3) is 0.333. The lowest BCUT2D eigenvalue weighted by atomic mass is 10.0. The predicted molar refractivity (Wildman–Crippen MR) is 44.0 cm³/mol. The van der Waals surface area contributed by atoms with Crippen LogP contribution in [0.4, 0.5) is 8.78 Å². The number of hydrogen-bond donors (Lipinski definition) is 1. The van der Waals surface area contributed by atoms with Crippen molar-refractivity contribution in [3.05, 3.63) is 35.9 Å². The van der Waals surface area contributed by atoms with E-state index in [1.807, 2.05) is 0 Å². The van der Waals surface area contributed by atoms with Gasteiger partial charge in [0.25, 0.3) is 5.92 Å². The molecule has 0 aliphatic carbocycles. The first-order valence-corrected chi connectivity index (χ1v) is 3.74. The molecule has 0 radical (unpaired) electrons. The zero-order valence-electron chi connectivity index (χ0n) is 6.80. The molecular formula is C9H11F2N. The number of rotatable bonds is 2. The van der Waals surface area contributed by atoms with Gasteiger partial charge in [-0.05, 0) is 6.92 Å². The summed E-state index contributed by atoms with van der Waals surface area (Å²) in [4.78, 5) is 0. The largest absolute Gasteiger partial charge is 0.323 e. The Morgan fingerprint density at radius 1 is 1.25 bits per heavy atom. The lowest BCUT2D eigenvalue weighted by molar-refractivity contribution is -0.0256. The highest BCUT2D eigenvalue weighted by Crippen LogP contribution is 2.29. The van der Waals surface area contributed by atoms with Crippen LogP contribution in [-0.4, -0.2) is 6.04 Å². The number of halogens is 2. The van der Waals surface area contributed by atoms with E-state index in [1.54, 1.807) is 18.2 Å². The molecular weight excluding hydrogens is 160 g/mol. The fourth-order valence-corrected chi connectivity index (χ4v) is 0.923. The van der Waals surface area contributed by atoms with E-state index in [-0.39, 0.29) is 5.56 Å². The van der Waals surface area contributed by atoms with E-state index in [0.29, 0.717) is 0 Å². The highest BCUT2D eigenvalue weighted by Gasteiger charge is 2.35. The molecule has 0 aromatic heterocycles. The Kier molecular flexibility index (Phi) is 2.43. The average molecular weight is 171 g/mol. The van der Waals surface area contributed by atoms with E-state index in [0.717, 1.165) is 0 Å². The van der Waals surface area contributed by atoms with Crippen molar-refractivity contribution in [2.45, 2.75) is 18.9 Å². The van der Waals surface area contributed by atoms with E-state index >= 15 is 0 Å². The first-order valence-electron chi connectivity index (χ1n) is 3.74. The molecule has 0 spiro atoms. The topological polar surface area (TPSA) is 26.0 Å². The summed E-state index contributed by atoms with van der Waals surface area (Å²) in [5.41, 5.74) is 5.12. The molecule has 3 heteroatoms. The summed E-state index contributed by atoms with van der Waals surface area (Å²) < 4.78 is 26.3. The molecule has 0 aliphatic rings. The quantitative estimate of drug-likeness (QED) is 0.724. The summed E-state index contributed by atoms with van der Waals surface area (Å²) in [6.45, 7) is 1.30. The normalized spacial score (nSPS) is 14.3. The third-order valence-electron chi connectivity index (χ3n) is 1.73. The molecule has 2 N–H and O–H groups in total. The molecule has 0 heterocycles. The predicted octanol–water partition coefficient (Wildman–Crippen LogP) is 2.13. The van der Waals surface area contributed by atoms with Crippen LogP contribution in [0, 0.1) is 0 Å². The van der Waals surface area contributed by atoms with Crippen LogP contribution in [0.15, 0.2) is 30.3 Å². The van der Waals surface area contributed by atoms with Gasteiger partial charge in [0.1, 0.15) is 0 Å². The molecule has 0 bridgehead atoms. The van der Waals surface area contributed by atoms with Crippen molar-refractivity contribution in [2.24, 2.45) is 5.73 Å². The maximum absolute atomic E-state index is 13.2. The van der Waals surface area contributed by atoms with Crippen molar-refractivity contribution in [3.8, 4) is 0 Å². The van der Waals surface area contributed by atoms with Crippen LogP contribution in [0.25, 0.3) is 0 Å². The van der Waals surface area contributed by atoms with Crippen LogP contribution in [0.1, 0.15) is 12.5 Å². The highest BCUT2D eigenvalue weighted by atomic mass is 19.3. The SMILES string of the molecule is C[C@H](N)C(F)(F)c1ccccc1. The summed E-state index contributed by atoms with van der Waals surface area (Å²) >= 11 is 0.